The van der Waals surface area contributed by atoms with Crippen LogP contribution < -0.4 is 9.46 Å². The Balaban J connectivity index is 2.29. The molecule has 7 nitrogen and oxygen atoms in total. The molecule has 2 rings (SSSR count). The average Bonchev–Trinajstić information content (AvgIpc) is 2.54. The molecule has 0 amide bonds. The maximum absolute atomic E-state index is 12.3. The predicted octanol–water partition coefficient (Wildman–Crippen LogP) is 1.68. The molecule has 0 saturated carbocycles. The molecule has 1 heterocycles. The van der Waals surface area contributed by atoms with Crippen molar-refractivity contribution in [2.75, 3.05) is 18.9 Å². The van der Waals surface area contributed by atoms with E-state index in [2.05, 4.69) is 14.4 Å². The maximum atomic E-state index is 12.3. The number of hydrogen-bond donors (Lipinski definition) is 1. The summed E-state index contributed by atoms with van der Waals surface area (Å²) in [7, 11) is -1.17. The minimum atomic E-state index is -3.82. The Labute approximate surface area is 128 Å². The van der Waals surface area contributed by atoms with E-state index in [1.54, 1.807) is 6.07 Å². The third-order valence-electron chi connectivity index (χ3n) is 2.79. The van der Waals surface area contributed by atoms with Gasteiger partial charge in [0.15, 0.2) is 0 Å². The lowest BCUT2D eigenvalue weighted by Gasteiger charge is -2.10. The molecule has 0 saturated heterocycles. The van der Waals surface area contributed by atoms with Crippen LogP contribution in [0.25, 0.3) is 0 Å². The number of hydrogen-bond acceptors (Lipinski definition) is 6. The Kier molecular flexibility index (Phi) is 4.62. The number of aromatic nitrogens is 1. The summed E-state index contributed by atoms with van der Waals surface area (Å²) < 4.78 is 36.6. The highest BCUT2D eigenvalue weighted by Crippen LogP contribution is 2.23. The fraction of sp³-hybridized carbons (Fsp3) is 0.143. The summed E-state index contributed by atoms with van der Waals surface area (Å²) in [5, 5.41) is 0. The molecule has 2 aromatic rings. The second kappa shape index (κ2) is 6.44. The van der Waals surface area contributed by atoms with Crippen LogP contribution >= 0.6 is 0 Å². The highest BCUT2D eigenvalue weighted by atomic mass is 32.2. The molecule has 1 N–H and O–H groups in total. The second-order valence-electron chi connectivity index (χ2n) is 4.18. The number of sulfonamides is 1. The van der Waals surface area contributed by atoms with Gasteiger partial charge in [0.05, 0.1) is 24.7 Å². The van der Waals surface area contributed by atoms with E-state index in [0.29, 0.717) is 0 Å². The second-order valence-corrected chi connectivity index (χ2v) is 5.86. The Bertz CT molecular complexity index is 772. The molecular formula is C14H14N2O5S. The summed E-state index contributed by atoms with van der Waals surface area (Å²) in [6.07, 6.45) is 1.49. The first-order valence-electron chi connectivity index (χ1n) is 6.18. The molecule has 0 aliphatic heterocycles. The SMILES string of the molecule is COC(=O)c1ccc(S(=O)(=O)Nc2cccnc2OC)cc1. The molecule has 8 heteroatoms. The number of methoxy groups -OCH3 is 2. The third kappa shape index (κ3) is 3.34. The topological polar surface area (TPSA) is 94.6 Å². The van der Waals surface area contributed by atoms with E-state index in [-0.39, 0.29) is 22.0 Å². The quantitative estimate of drug-likeness (QED) is 0.842. The van der Waals surface area contributed by atoms with Crippen molar-refractivity contribution < 1.29 is 22.7 Å². The number of carbonyl (C=O) groups excluding carboxylic acids is 1. The van der Waals surface area contributed by atoms with Crippen LogP contribution in [0.3, 0.4) is 0 Å². The number of carbonyl (C=O) groups is 1. The van der Waals surface area contributed by atoms with Crippen molar-refractivity contribution in [2.45, 2.75) is 4.90 Å². The molecule has 0 bridgehead atoms. The number of ether oxygens (including phenoxy) is 2. The normalized spacial score (nSPS) is 10.8. The molecule has 116 valence electrons. The summed E-state index contributed by atoms with van der Waals surface area (Å²) in [5.41, 5.74) is 0.488. The number of nitrogens with one attached hydrogen (secondary N) is 1. The van der Waals surface area contributed by atoms with Gasteiger partial charge in [0.1, 0.15) is 5.69 Å². The van der Waals surface area contributed by atoms with Crippen molar-refractivity contribution in [2.24, 2.45) is 0 Å². The van der Waals surface area contributed by atoms with Crippen LogP contribution in [0.2, 0.25) is 0 Å². The lowest BCUT2D eigenvalue weighted by molar-refractivity contribution is 0.0600. The van der Waals surface area contributed by atoms with Crippen LogP contribution in [0.15, 0.2) is 47.5 Å². The standard InChI is InChI=1S/C14H14N2O5S/c1-20-13-12(4-3-9-15-13)16-22(18,19)11-7-5-10(6-8-11)14(17)21-2/h3-9,16H,1-2H3. The minimum Gasteiger partial charge on any atom is -0.480 e. The van der Waals surface area contributed by atoms with Crippen LogP contribution in [0.4, 0.5) is 5.69 Å². The third-order valence-corrected chi connectivity index (χ3v) is 4.18. The molecule has 1 aromatic carbocycles. The van der Waals surface area contributed by atoms with Gasteiger partial charge in [-0.05, 0) is 36.4 Å². The Morgan fingerprint density at radius 3 is 2.41 bits per heavy atom. The van der Waals surface area contributed by atoms with Crippen molar-refractivity contribution in [1.29, 1.82) is 0 Å². The van der Waals surface area contributed by atoms with Gasteiger partial charge in [-0.1, -0.05) is 0 Å². The van der Waals surface area contributed by atoms with Crippen molar-refractivity contribution in [3.8, 4) is 5.88 Å². The number of benzene rings is 1. The molecule has 0 aliphatic rings. The van der Waals surface area contributed by atoms with E-state index >= 15 is 0 Å². The molecule has 0 fully saturated rings. The van der Waals surface area contributed by atoms with Gasteiger partial charge < -0.3 is 9.47 Å². The van der Waals surface area contributed by atoms with E-state index in [0.717, 1.165) is 0 Å². The zero-order valence-electron chi connectivity index (χ0n) is 11.9. The summed E-state index contributed by atoms with van der Waals surface area (Å²) >= 11 is 0. The molecular weight excluding hydrogens is 308 g/mol. The van der Waals surface area contributed by atoms with E-state index in [9.17, 15) is 13.2 Å². The lowest BCUT2D eigenvalue weighted by Crippen LogP contribution is -2.14. The Morgan fingerprint density at radius 1 is 1.14 bits per heavy atom. The van der Waals surface area contributed by atoms with Crippen LogP contribution in [-0.4, -0.2) is 33.6 Å². The number of anilines is 1. The fourth-order valence-corrected chi connectivity index (χ4v) is 2.78. The number of rotatable bonds is 5. The van der Waals surface area contributed by atoms with E-state index in [1.165, 1.54) is 50.7 Å². The highest BCUT2D eigenvalue weighted by Gasteiger charge is 2.17. The largest absolute Gasteiger partial charge is 0.480 e. The molecule has 22 heavy (non-hydrogen) atoms. The molecule has 1 aromatic heterocycles. The van der Waals surface area contributed by atoms with E-state index < -0.39 is 16.0 Å². The van der Waals surface area contributed by atoms with Crippen LogP contribution in [0, 0.1) is 0 Å². The fourth-order valence-electron chi connectivity index (χ4n) is 1.72. The zero-order chi connectivity index (χ0) is 16.2. The van der Waals surface area contributed by atoms with Crippen molar-refractivity contribution >= 4 is 21.7 Å². The number of esters is 1. The van der Waals surface area contributed by atoms with Crippen molar-refractivity contribution in [3.63, 3.8) is 0 Å². The first kappa shape index (κ1) is 15.8. The van der Waals surface area contributed by atoms with Gasteiger partial charge in [-0.3, -0.25) is 4.72 Å². The zero-order valence-corrected chi connectivity index (χ0v) is 12.8. The van der Waals surface area contributed by atoms with Gasteiger partial charge in [-0.25, -0.2) is 18.2 Å². The smallest absolute Gasteiger partial charge is 0.337 e. The van der Waals surface area contributed by atoms with Gasteiger partial charge in [0.25, 0.3) is 10.0 Å². The summed E-state index contributed by atoms with van der Waals surface area (Å²) in [6, 6.07) is 8.50. The summed E-state index contributed by atoms with van der Waals surface area (Å²) in [6.45, 7) is 0. The van der Waals surface area contributed by atoms with Crippen molar-refractivity contribution in [3.05, 3.63) is 48.2 Å². The van der Waals surface area contributed by atoms with Crippen LogP contribution in [0.1, 0.15) is 10.4 Å². The molecule has 0 atom stereocenters. The predicted molar refractivity (Wildman–Crippen MR) is 79.4 cm³/mol. The summed E-state index contributed by atoms with van der Waals surface area (Å²) in [4.78, 5) is 15.3. The highest BCUT2D eigenvalue weighted by molar-refractivity contribution is 7.92. The Hall–Kier alpha value is -2.61. The minimum absolute atomic E-state index is 0.00561. The van der Waals surface area contributed by atoms with E-state index in [1.807, 2.05) is 0 Å². The molecule has 0 unspecified atom stereocenters. The molecule has 0 aliphatic carbocycles. The first-order valence-corrected chi connectivity index (χ1v) is 7.66. The van der Waals surface area contributed by atoms with Gasteiger partial charge in [-0.15, -0.1) is 0 Å². The van der Waals surface area contributed by atoms with Gasteiger partial charge in [-0.2, -0.15) is 0 Å². The van der Waals surface area contributed by atoms with Gasteiger partial charge in [0.2, 0.25) is 5.88 Å². The summed E-state index contributed by atoms with van der Waals surface area (Å²) in [5.74, 6) is -0.372. The average molecular weight is 322 g/mol. The van der Waals surface area contributed by atoms with Crippen molar-refractivity contribution in [1.82, 2.24) is 4.98 Å². The number of pyridine rings is 1. The lowest BCUT2D eigenvalue weighted by atomic mass is 10.2. The first-order chi connectivity index (χ1) is 10.5. The monoisotopic (exact) mass is 322 g/mol. The van der Waals surface area contributed by atoms with Crippen LogP contribution in [0.5, 0.6) is 5.88 Å². The Morgan fingerprint density at radius 2 is 1.82 bits per heavy atom. The molecule has 0 spiro atoms. The maximum Gasteiger partial charge on any atom is 0.337 e. The van der Waals surface area contributed by atoms with Crippen LogP contribution in [-0.2, 0) is 14.8 Å². The molecule has 0 radical (unpaired) electrons. The van der Waals surface area contributed by atoms with Gasteiger partial charge in [0, 0.05) is 6.20 Å². The van der Waals surface area contributed by atoms with Gasteiger partial charge >= 0.3 is 5.97 Å². The van der Waals surface area contributed by atoms with E-state index in [4.69, 9.17) is 4.74 Å². The number of nitrogens with zero attached hydrogens (tertiary/aromatic N) is 1.